The van der Waals surface area contributed by atoms with Crippen molar-refractivity contribution in [2.24, 2.45) is 0 Å². The molecular formula is C11H18S. The van der Waals surface area contributed by atoms with Crippen LogP contribution in [0.1, 0.15) is 46.0 Å². The molecule has 12 heavy (non-hydrogen) atoms. The van der Waals surface area contributed by atoms with Gasteiger partial charge in [0.05, 0.1) is 0 Å². The van der Waals surface area contributed by atoms with Gasteiger partial charge in [-0.3, -0.25) is 0 Å². The van der Waals surface area contributed by atoms with Crippen LogP contribution in [0.2, 0.25) is 0 Å². The van der Waals surface area contributed by atoms with Gasteiger partial charge in [0.25, 0.3) is 0 Å². The molecule has 0 aromatic rings. The second-order valence-electron chi connectivity index (χ2n) is 3.35. The maximum Gasteiger partial charge on any atom is -0.0148 e. The van der Waals surface area contributed by atoms with E-state index in [4.69, 9.17) is 0 Å². The monoisotopic (exact) mass is 182 g/mol. The minimum atomic E-state index is 1.18. The molecule has 0 heterocycles. The van der Waals surface area contributed by atoms with Gasteiger partial charge in [0, 0.05) is 0 Å². The van der Waals surface area contributed by atoms with Crippen molar-refractivity contribution in [2.45, 2.75) is 46.0 Å². The zero-order valence-corrected chi connectivity index (χ0v) is 8.91. The van der Waals surface area contributed by atoms with Gasteiger partial charge in [0.1, 0.15) is 0 Å². The fourth-order valence-electron chi connectivity index (χ4n) is 1.18. The molecule has 1 aliphatic rings. The van der Waals surface area contributed by atoms with Crippen molar-refractivity contribution in [1.29, 1.82) is 0 Å². The van der Waals surface area contributed by atoms with E-state index in [0.29, 0.717) is 0 Å². The summed E-state index contributed by atoms with van der Waals surface area (Å²) in [5.41, 5.74) is 1.49. The molecule has 0 aromatic carbocycles. The highest BCUT2D eigenvalue weighted by molar-refractivity contribution is 8.05. The summed E-state index contributed by atoms with van der Waals surface area (Å²) in [6, 6.07) is 0. The lowest BCUT2D eigenvalue weighted by Crippen LogP contribution is -1.86. The van der Waals surface area contributed by atoms with Crippen LogP contribution in [0.5, 0.6) is 0 Å². The van der Waals surface area contributed by atoms with E-state index in [1.165, 1.54) is 37.7 Å². The molecule has 0 aromatic heterocycles. The van der Waals surface area contributed by atoms with Gasteiger partial charge in [0.15, 0.2) is 0 Å². The fourth-order valence-corrected chi connectivity index (χ4v) is 2.17. The molecule has 0 aliphatic heterocycles. The lowest BCUT2D eigenvalue weighted by atomic mass is 10.1. The zero-order chi connectivity index (χ0) is 8.81. The van der Waals surface area contributed by atoms with E-state index in [0.717, 1.165) is 0 Å². The van der Waals surface area contributed by atoms with Gasteiger partial charge in [-0.05, 0) is 49.3 Å². The average Bonchev–Trinajstić information content (AvgIpc) is 2.16. The molecule has 0 spiro atoms. The molecule has 0 saturated heterocycles. The first-order chi connectivity index (χ1) is 5.83. The van der Waals surface area contributed by atoms with E-state index in [1.54, 1.807) is 4.91 Å². The van der Waals surface area contributed by atoms with Crippen LogP contribution in [0, 0.1) is 0 Å². The van der Waals surface area contributed by atoms with Crippen LogP contribution >= 0.6 is 11.8 Å². The Hall–Kier alpha value is -0.170. The Balaban J connectivity index is 2.35. The standard InChI is InChI=1S/C11H18S/c1-3-10(2)9-12-11-7-5-4-6-8-11/h7,9H,3-6,8H2,1-2H3/b10-9+. The van der Waals surface area contributed by atoms with Crippen molar-refractivity contribution in [1.82, 2.24) is 0 Å². The second-order valence-corrected chi connectivity index (χ2v) is 4.35. The van der Waals surface area contributed by atoms with Crippen LogP contribution in [0.4, 0.5) is 0 Å². The largest absolute Gasteiger partial charge is 0.103 e. The Morgan fingerprint density at radius 2 is 2.42 bits per heavy atom. The summed E-state index contributed by atoms with van der Waals surface area (Å²) >= 11 is 1.93. The van der Waals surface area contributed by atoms with Gasteiger partial charge < -0.3 is 0 Å². The Labute approximate surface area is 80.1 Å². The maximum absolute atomic E-state index is 2.40. The van der Waals surface area contributed by atoms with Crippen LogP contribution in [0.3, 0.4) is 0 Å². The van der Waals surface area contributed by atoms with E-state index >= 15 is 0 Å². The number of thioether (sulfide) groups is 1. The predicted octanol–water partition coefficient (Wildman–Crippen LogP) is 4.49. The molecule has 1 aliphatic carbocycles. The summed E-state index contributed by atoms with van der Waals surface area (Å²) < 4.78 is 0. The quantitative estimate of drug-likeness (QED) is 0.619. The molecule has 0 N–H and O–H groups in total. The molecule has 1 rings (SSSR count). The molecule has 0 amide bonds. The van der Waals surface area contributed by atoms with E-state index in [1.807, 2.05) is 11.8 Å². The number of hydrogen-bond donors (Lipinski definition) is 0. The van der Waals surface area contributed by atoms with Crippen LogP contribution in [-0.4, -0.2) is 0 Å². The van der Waals surface area contributed by atoms with E-state index < -0.39 is 0 Å². The van der Waals surface area contributed by atoms with Crippen molar-refractivity contribution in [3.05, 3.63) is 22.0 Å². The molecule has 0 atom stereocenters. The third-order valence-corrected chi connectivity index (χ3v) is 3.41. The fraction of sp³-hybridized carbons (Fsp3) is 0.636. The molecule has 0 nitrogen and oxygen atoms in total. The number of hydrogen-bond acceptors (Lipinski definition) is 1. The lowest BCUT2D eigenvalue weighted by molar-refractivity contribution is 0.723. The topological polar surface area (TPSA) is 0 Å². The van der Waals surface area contributed by atoms with Crippen molar-refractivity contribution < 1.29 is 0 Å². The molecule has 68 valence electrons. The Kier molecular flexibility index (Phi) is 4.52. The summed E-state index contributed by atoms with van der Waals surface area (Å²) in [6.07, 6.45) is 8.95. The van der Waals surface area contributed by atoms with Gasteiger partial charge in [-0.2, -0.15) is 0 Å². The van der Waals surface area contributed by atoms with Gasteiger partial charge in [-0.1, -0.05) is 18.6 Å². The first kappa shape index (κ1) is 9.91. The van der Waals surface area contributed by atoms with Crippen LogP contribution in [-0.2, 0) is 0 Å². The molecule has 0 bridgehead atoms. The smallest absolute Gasteiger partial charge is 0.0148 e. The highest BCUT2D eigenvalue weighted by atomic mass is 32.2. The summed E-state index contributed by atoms with van der Waals surface area (Å²) in [4.78, 5) is 1.58. The third kappa shape index (κ3) is 3.48. The molecule has 0 unspecified atom stereocenters. The van der Waals surface area contributed by atoms with Crippen molar-refractivity contribution in [3.8, 4) is 0 Å². The highest BCUT2D eigenvalue weighted by Gasteiger charge is 2.01. The van der Waals surface area contributed by atoms with Crippen molar-refractivity contribution >= 4 is 11.8 Å². The van der Waals surface area contributed by atoms with E-state index in [2.05, 4.69) is 25.3 Å². The molecule has 0 fully saturated rings. The zero-order valence-electron chi connectivity index (χ0n) is 8.10. The molecule has 1 heteroatoms. The van der Waals surface area contributed by atoms with Gasteiger partial charge >= 0.3 is 0 Å². The summed E-state index contributed by atoms with van der Waals surface area (Å²) in [7, 11) is 0. The summed E-state index contributed by atoms with van der Waals surface area (Å²) in [6.45, 7) is 4.41. The van der Waals surface area contributed by atoms with Crippen LogP contribution in [0.25, 0.3) is 0 Å². The number of rotatable bonds is 3. The first-order valence-corrected chi connectivity index (χ1v) is 5.72. The lowest BCUT2D eigenvalue weighted by Gasteiger charge is -2.09. The van der Waals surface area contributed by atoms with Gasteiger partial charge in [-0.25, -0.2) is 0 Å². The first-order valence-electron chi connectivity index (χ1n) is 4.84. The normalized spacial score (nSPS) is 19.2. The Morgan fingerprint density at radius 1 is 1.58 bits per heavy atom. The highest BCUT2D eigenvalue weighted by Crippen LogP contribution is 2.29. The van der Waals surface area contributed by atoms with Gasteiger partial charge in [-0.15, -0.1) is 11.8 Å². The van der Waals surface area contributed by atoms with Crippen molar-refractivity contribution in [3.63, 3.8) is 0 Å². The minimum absolute atomic E-state index is 1.18. The van der Waals surface area contributed by atoms with E-state index in [-0.39, 0.29) is 0 Å². The maximum atomic E-state index is 2.40. The third-order valence-electron chi connectivity index (χ3n) is 2.22. The Morgan fingerprint density at radius 3 is 3.00 bits per heavy atom. The molecule has 0 saturated carbocycles. The molecule has 0 radical (unpaired) electrons. The van der Waals surface area contributed by atoms with E-state index in [9.17, 15) is 0 Å². The number of allylic oxidation sites excluding steroid dienone is 3. The Bertz CT molecular complexity index is 189. The average molecular weight is 182 g/mol. The summed E-state index contributed by atoms with van der Waals surface area (Å²) in [5, 5.41) is 2.30. The predicted molar refractivity (Wildman–Crippen MR) is 58.2 cm³/mol. The minimum Gasteiger partial charge on any atom is -0.103 e. The van der Waals surface area contributed by atoms with Crippen molar-refractivity contribution in [2.75, 3.05) is 0 Å². The SMILES string of the molecule is CC/C(C)=C/SC1=CCCCC1. The molecular weight excluding hydrogens is 164 g/mol. The van der Waals surface area contributed by atoms with Crippen LogP contribution in [0.15, 0.2) is 22.0 Å². The van der Waals surface area contributed by atoms with Crippen LogP contribution < -0.4 is 0 Å². The van der Waals surface area contributed by atoms with Gasteiger partial charge in [0.2, 0.25) is 0 Å². The second kappa shape index (κ2) is 5.47. The summed E-state index contributed by atoms with van der Waals surface area (Å²) in [5.74, 6) is 0.